The fraction of sp³-hybridized carbons (Fsp3) is 0.433. The molecule has 36 heavy (non-hydrogen) atoms. The topological polar surface area (TPSA) is 78.9 Å². The van der Waals surface area contributed by atoms with Crippen molar-refractivity contribution in [2.45, 2.75) is 75.3 Å². The quantitative estimate of drug-likeness (QED) is 0.180. The normalized spacial score (nSPS) is 12.1. The number of carbonyl (C=O) groups is 3. The Labute approximate surface area is 214 Å². The SMILES string of the molecule is Cc1cc(C=CC(=O)c2ccc(OC(=O)C(C)(C)C)cc2)c(OC(C)C)c(C)c1OC(=O)C(C)(C)C. The smallest absolute Gasteiger partial charge is 0.316 e. The van der Waals surface area contributed by atoms with Crippen LogP contribution in [0.15, 0.2) is 36.4 Å². The van der Waals surface area contributed by atoms with Crippen molar-refractivity contribution in [3.63, 3.8) is 0 Å². The minimum absolute atomic E-state index is 0.122. The van der Waals surface area contributed by atoms with E-state index >= 15 is 0 Å². The number of hydrogen-bond acceptors (Lipinski definition) is 6. The molecule has 0 unspecified atom stereocenters. The molecule has 0 aliphatic carbocycles. The first-order valence-electron chi connectivity index (χ1n) is 12.1. The number of aryl methyl sites for hydroxylation is 1. The van der Waals surface area contributed by atoms with Crippen molar-refractivity contribution in [3.8, 4) is 17.2 Å². The Hall–Kier alpha value is -3.41. The molecular weight excluding hydrogens is 456 g/mol. The van der Waals surface area contributed by atoms with Gasteiger partial charge in [-0.3, -0.25) is 14.4 Å². The summed E-state index contributed by atoms with van der Waals surface area (Å²) >= 11 is 0. The zero-order valence-electron chi connectivity index (χ0n) is 23.1. The first-order chi connectivity index (χ1) is 16.5. The van der Waals surface area contributed by atoms with E-state index in [4.69, 9.17) is 14.2 Å². The summed E-state index contributed by atoms with van der Waals surface area (Å²) in [7, 11) is 0. The molecule has 2 rings (SSSR count). The predicted octanol–water partition coefficient (Wildman–Crippen LogP) is 6.89. The van der Waals surface area contributed by atoms with Crippen LogP contribution in [-0.4, -0.2) is 23.8 Å². The van der Waals surface area contributed by atoms with Gasteiger partial charge in [0.2, 0.25) is 0 Å². The first-order valence-corrected chi connectivity index (χ1v) is 12.1. The molecule has 0 heterocycles. The third-order valence-electron chi connectivity index (χ3n) is 5.21. The Morgan fingerprint density at radius 3 is 1.83 bits per heavy atom. The summed E-state index contributed by atoms with van der Waals surface area (Å²) in [6.45, 7) is 18.3. The lowest BCUT2D eigenvalue weighted by molar-refractivity contribution is -0.143. The highest BCUT2D eigenvalue weighted by Gasteiger charge is 2.27. The Morgan fingerprint density at radius 1 is 0.806 bits per heavy atom. The van der Waals surface area contributed by atoms with Crippen molar-refractivity contribution >= 4 is 23.8 Å². The van der Waals surface area contributed by atoms with Gasteiger partial charge in [-0.15, -0.1) is 0 Å². The fourth-order valence-corrected chi connectivity index (χ4v) is 3.11. The van der Waals surface area contributed by atoms with Gasteiger partial charge in [0.05, 0.1) is 16.9 Å². The molecular formula is C30H38O6. The van der Waals surface area contributed by atoms with Gasteiger partial charge in [0.25, 0.3) is 0 Å². The molecule has 0 amide bonds. The van der Waals surface area contributed by atoms with Gasteiger partial charge in [-0.25, -0.2) is 0 Å². The molecule has 0 bridgehead atoms. The Morgan fingerprint density at radius 2 is 1.33 bits per heavy atom. The minimum atomic E-state index is -0.649. The van der Waals surface area contributed by atoms with E-state index in [0.29, 0.717) is 33.9 Å². The van der Waals surface area contributed by atoms with Gasteiger partial charge in [0.1, 0.15) is 17.2 Å². The summed E-state index contributed by atoms with van der Waals surface area (Å²) < 4.78 is 17.1. The van der Waals surface area contributed by atoms with Crippen molar-refractivity contribution in [1.82, 2.24) is 0 Å². The molecule has 0 atom stereocenters. The lowest BCUT2D eigenvalue weighted by Crippen LogP contribution is -2.26. The van der Waals surface area contributed by atoms with Crippen LogP contribution in [0.25, 0.3) is 6.08 Å². The van der Waals surface area contributed by atoms with E-state index in [2.05, 4.69) is 0 Å². The lowest BCUT2D eigenvalue weighted by atomic mass is 9.97. The summed E-state index contributed by atoms with van der Waals surface area (Å²) in [4.78, 5) is 37.4. The Kier molecular flexibility index (Phi) is 8.89. The Balaban J connectivity index is 2.33. The van der Waals surface area contributed by atoms with E-state index in [-0.39, 0.29) is 23.8 Å². The first kappa shape index (κ1) is 28.8. The van der Waals surface area contributed by atoms with Crippen LogP contribution in [0.5, 0.6) is 17.2 Å². The number of rotatable bonds is 7. The average Bonchev–Trinajstić information content (AvgIpc) is 2.76. The maximum absolute atomic E-state index is 12.8. The minimum Gasteiger partial charge on any atom is -0.490 e. The number of hydrogen-bond donors (Lipinski definition) is 0. The highest BCUT2D eigenvalue weighted by molar-refractivity contribution is 6.07. The maximum Gasteiger partial charge on any atom is 0.316 e. The van der Waals surface area contributed by atoms with Gasteiger partial charge in [0.15, 0.2) is 5.78 Å². The molecule has 0 fully saturated rings. The van der Waals surface area contributed by atoms with Gasteiger partial charge in [-0.1, -0.05) is 0 Å². The zero-order valence-corrected chi connectivity index (χ0v) is 23.1. The molecule has 0 radical (unpaired) electrons. The summed E-state index contributed by atoms with van der Waals surface area (Å²) in [5, 5.41) is 0. The molecule has 0 aromatic heterocycles. The summed E-state index contributed by atoms with van der Waals surface area (Å²) in [5.74, 6) is 0.517. The molecule has 0 aliphatic rings. The van der Waals surface area contributed by atoms with Crippen LogP contribution < -0.4 is 14.2 Å². The molecule has 0 spiro atoms. The predicted molar refractivity (Wildman–Crippen MR) is 142 cm³/mol. The summed E-state index contributed by atoms with van der Waals surface area (Å²) in [5.41, 5.74) is 1.35. The van der Waals surface area contributed by atoms with Crippen molar-refractivity contribution in [3.05, 3.63) is 58.7 Å². The van der Waals surface area contributed by atoms with Crippen molar-refractivity contribution in [2.75, 3.05) is 0 Å². The number of esters is 2. The third-order valence-corrected chi connectivity index (χ3v) is 5.21. The van der Waals surface area contributed by atoms with Crippen LogP contribution in [0.4, 0.5) is 0 Å². The molecule has 0 saturated heterocycles. The van der Waals surface area contributed by atoms with Crippen LogP contribution in [0, 0.1) is 24.7 Å². The zero-order chi connectivity index (χ0) is 27.4. The van der Waals surface area contributed by atoms with Crippen LogP contribution in [0.2, 0.25) is 0 Å². The molecule has 0 N–H and O–H groups in total. The lowest BCUT2D eigenvalue weighted by Gasteiger charge is -2.22. The van der Waals surface area contributed by atoms with Gasteiger partial charge in [0, 0.05) is 16.7 Å². The van der Waals surface area contributed by atoms with Crippen molar-refractivity contribution in [1.29, 1.82) is 0 Å². The average molecular weight is 495 g/mol. The maximum atomic E-state index is 12.8. The number of carbonyl (C=O) groups excluding carboxylic acids is 3. The van der Waals surface area contributed by atoms with Crippen LogP contribution >= 0.6 is 0 Å². The third kappa shape index (κ3) is 7.54. The van der Waals surface area contributed by atoms with Gasteiger partial charge in [-0.2, -0.15) is 0 Å². The number of ether oxygens (including phenoxy) is 3. The molecule has 2 aromatic carbocycles. The van der Waals surface area contributed by atoms with Crippen LogP contribution in [-0.2, 0) is 9.59 Å². The highest BCUT2D eigenvalue weighted by atomic mass is 16.5. The second kappa shape index (κ2) is 11.1. The van der Waals surface area contributed by atoms with Crippen LogP contribution in [0.1, 0.15) is 82.4 Å². The highest BCUT2D eigenvalue weighted by Crippen LogP contribution is 2.37. The van der Waals surface area contributed by atoms with E-state index in [1.54, 1.807) is 71.9 Å². The molecule has 6 nitrogen and oxygen atoms in total. The van der Waals surface area contributed by atoms with Gasteiger partial charge >= 0.3 is 11.9 Å². The summed E-state index contributed by atoms with van der Waals surface area (Å²) in [6.07, 6.45) is 3.05. The van der Waals surface area contributed by atoms with E-state index in [1.807, 2.05) is 33.8 Å². The Bertz CT molecular complexity index is 1160. The van der Waals surface area contributed by atoms with Crippen LogP contribution in [0.3, 0.4) is 0 Å². The monoisotopic (exact) mass is 494 g/mol. The van der Waals surface area contributed by atoms with Crippen molar-refractivity contribution in [2.24, 2.45) is 10.8 Å². The molecule has 2 aromatic rings. The van der Waals surface area contributed by atoms with E-state index in [1.165, 1.54) is 6.08 Å². The fourth-order valence-electron chi connectivity index (χ4n) is 3.11. The largest absolute Gasteiger partial charge is 0.490 e. The van der Waals surface area contributed by atoms with E-state index < -0.39 is 10.8 Å². The number of ketones is 1. The summed E-state index contributed by atoms with van der Waals surface area (Å²) in [6, 6.07) is 8.29. The standard InChI is InChI=1S/C30H38O6/c1-18(2)34-26-20(4)25(36-28(33)30(8,9)10)19(3)17-22(26)13-16-24(31)21-11-14-23(15-12-21)35-27(32)29(5,6)7/h11-18H,1-10H3. The molecule has 0 saturated carbocycles. The molecule has 194 valence electrons. The van der Waals surface area contributed by atoms with Crippen molar-refractivity contribution < 1.29 is 28.6 Å². The van der Waals surface area contributed by atoms with Gasteiger partial charge in [-0.05, 0) is 117 Å². The second-order valence-corrected chi connectivity index (χ2v) is 11.2. The van der Waals surface area contributed by atoms with E-state index in [0.717, 1.165) is 5.56 Å². The van der Waals surface area contributed by atoms with E-state index in [9.17, 15) is 14.4 Å². The number of allylic oxidation sites excluding steroid dienone is 1. The second-order valence-electron chi connectivity index (χ2n) is 11.2. The molecule has 0 aliphatic heterocycles. The number of benzene rings is 2. The molecule has 6 heteroatoms. The van der Waals surface area contributed by atoms with Gasteiger partial charge < -0.3 is 14.2 Å².